The largest absolute Gasteiger partial charge is 0.377 e. The third kappa shape index (κ3) is 1.85. The van der Waals surface area contributed by atoms with Gasteiger partial charge >= 0.3 is 0 Å². The molecule has 0 N–H and O–H groups in total. The van der Waals surface area contributed by atoms with Gasteiger partial charge in [0.15, 0.2) is 0 Å². The number of nitrogens with zero attached hydrogens (tertiary/aromatic N) is 1. The van der Waals surface area contributed by atoms with E-state index in [-0.39, 0.29) is 0 Å². The van der Waals surface area contributed by atoms with E-state index in [1.807, 2.05) is 0 Å². The third-order valence-corrected chi connectivity index (χ3v) is 2.77. The summed E-state index contributed by atoms with van der Waals surface area (Å²) < 4.78 is 0.832. The Kier molecular flexibility index (Phi) is 2.38. The molecule has 0 spiro atoms. The van der Waals surface area contributed by atoms with Crippen molar-refractivity contribution in [1.29, 1.82) is 0 Å². The van der Waals surface area contributed by atoms with Gasteiger partial charge in [-0.15, -0.1) is 0 Å². The summed E-state index contributed by atoms with van der Waals surface area (Å²) in [7, 11) is 2.12. The average Bonchev–Trinajstić information content (AvgIpc) is 1.80. The Hall–Kier alpha value is 0.270. The minimum absolute atomic E-state index is 0.832. The van der Waals surface area contributed by atoms with E-state index in [2.05, 4.69) is 41.1 Å². The maximum absolute atomic E-state index is 3.95. The lowest BCUT2D eigenvalue weighted by Gasteiger charge is -2.29. The normalized spacial score (nSPS) is 28.9. The average molecular weight is 237 g/mol. The monoisotopic (exact) mass is 237 g/mol. The molecule has 0 unspecified atom stereocenters. The molecule has 1 rings (SSSR count). The fourth-order valence-corrected chi connectivity index (χ4v) is 1.93. The van der Waals surface area contributed by atoms with Gasteiger partial charge in [-0.2, -0.15) is 0 Å². The molecular formula is C7H12IN. The van der Waals surface area contributed by atoms with Gasteiger partial charge in [-0.05, 0) is 12.8 Å². The highest BCUT2D eigenvalue weighted by molar-refractivity contribution is 14.1. The van der Waals surface area contributed by atoms with Gasteiger partial charge in [-0.3, -0.25) is 0 Å². The van der Waals surface area contributed by atoms with E-state index in [1.54, 1.807) is 0 Å². The lowest BCUT2D eigenvalue weighted by Crippen LogP contribution is -2.29. The minimum atomic E-state index is 0.832. The van der Waals surface area contributed by atoms with E-state index in [4.69, 9.17) is 0 Å². The molecule has 0 aliphatic carbocycles. The Bertz CT molecular complexity index is 122. The van der Waals surface area contributed by atoms with E-state index in [0.717, 1.165) is 3.92 Å². The summed E-state index contributed by atoms with van der Waals surface area (Å²) in [4.78, 5) is 2.25. The maximum Gasteiger partial charge on any atom is 0.0289 e. The van der Waals surface area contributed by atoms with Crippen molar-refractivity contribution in [3.8, 4) is 0 Å². The van der Waals surface area contributed by atoms with Crippen LogP contribution in [0.2, 0.25) is 0 Å². The third-order valence-electron chi connectivity index (χ3n) is 1.76. The Morgan fingerprint density at radius 3 is 2.89 bits per heavy atom. The van der Waals surface area contributed by atoms with Crippen LogP contribution in [0.1, 0.15) is 12.8 Å². The Morgan fingerprint density at radius 2 is 2.44 bits per heavy atom. The molecule has 0 saturated carbocycles. The summed E-state index contributed by atoms with van der Waals surface area (Å²) in [6.45, 7) is 5.13. The molecule has 1 fully saturated rings. The highest BCUT2D eigenvalue weighted by atomic mass is 127. The van der Waals surface area contributed by atoms with E-state index in [0.29, 0.717) is 0 Å². The summed E-state index contributed by atoms with van der Waals surface area (Å²) in [5.74, 6) is 0. The SMILES string of the molecule is C=C1CC[C@@H](I)CN1C. The van der Waals surface area contributed by atoms with Gasteiger partial charge in [-0.1, -0.05) is 29.2 Å². The molecule has 0 radical (unpaired) electrons. The topological polar surface area (TPSA) is 3.24 Å². The number of allylic oxidation sites excluding steroid dienone is 1. The summed E-state index contributed by atoms with van der Waals surface area (Å²) in [5.41, 5.74) is 1.29. The van der Waals surface area contributed by atoms with Gasteiger partial charge in [0.05, 0.1) is 0 Å². The van der Waals surface area contributed by atoms with Crippen molar-refractivity contribution >= 4 is 22.6 Å². The van der Waals surface area contributed by atoms with Crippen LogP contribution in [-0.2, 0) is 0 Å². The van der Waals surface area contributed by atoms with Gasteiger partial charge in [0.2, 0.25) is 0 Å². The van der Waals surface area contributed by atoms with Gasteiger partial charge in [0.25, 0.3) is 0 Å². The predicted molar refractivity (Wildman–Crippen MR) is 48.8 cm³/mol. The first-order chi connectivity index (χ1) is 4.20. The molecule has 0 aromatic rings. The highest BCUT2D eigenvalue weighted by Crippen LogP contribution is 2.21. The van der Waals surface area contributed by atoms with Crippen LogP contribution in [0, 0.1) is 0 Å². The lowest BCUT2D eigenvalue weighted by atomic mass is 10.1. The van der Waals surface area contributed by atoms with Crippen molar-refractivity contribution in [3.05, 3.63) is 12.3 Å². The fraction of sp³-hybridized carbons (Fsp3) is 0.714. The van der Waals surface area contributed by atoms with Crippen molar-refractivity contribution in [3.63, 3.8) is 0 Å². The number of piperidine rings is 1. The number of hydrogen-bond acceptors (Lipinski definition) is 1. The molecule has 1 heterocycles. The number of hydrogen-bond donors (Lipinski definition) is 0. The van der Waals surface area contributed by atoms with Gasteiger partial charge < -0.3 is 4.90 Å². The number of likely N-dealkylation sites (tertiary alicyclic amines) is 1. The molecule has 1 atom stereocenters. The van der Waals surface area contributed by atoms with Crippen molar-refractivity contribution in [2.75, 3.05) is 13.6 Å². The highest BCUT2D eigenvalue weighted by Gasteiger charge is 2.15. The molecule has 1 aliphatic rings. The van der Waals surface area contributed by atoms with Crippen molar-refractivity contribution in [2.24, 2.45) is 0 Å². The van der Waals surface area contributed by atoms with E-state index in [1.165, 1.54) is 25.1 Å². The van der Waals surface area contributed by atoms with E-state index >= 15 is 0 Å². The molecular weight excluding hydrogens is 225 g/mol. The predicted octanol–water partition coefficient (Wildman–Crippen LogP) is 2.03. The van der Waals surface area contributed by atoms with Crippen LogP contribution in [0.15, 0.2) is 12.3 Å². The molecule has 0 bridgehead atoms. The standard InChI is InChI=1S/C7H12IN/c1-6-3-4-7(8)5-9(6)2/h7H,1,3-5H2,2H3/t7-/m1/s1. The van der Waals surface area contributed by atoms with Crippen LogP contribution in [0.3, 0.4) is 0 Å². The van der Waals surface area contributed by atoms with Gasteiger partial charge in [0, 0.05) is 23.2 Å². The summed E-state index contributed by atoms with van der Waals surface area (Å²) >= 11 is 2.50. The molecule has 1 saturated heterocycles. The Labute approximate surface area is 70.3 Å². The first-order valence-corrected chi connectivity index (χ1v) is 4.47. The van der Waals surface area contributed by atoms with Crippen LogP contribution < -0.4 is 0 Å². The minimum Gasteiger partial charge on any atom is -0.377 e. The Balaban J connectivity index is 2.44. The van der Waals surface area contributed by atoms with Crippen LogP contribution in [0.5, 0.6) is 0 Å². The summed E-state index contributed by atoms with van der Waals surface area (Å²) in [6, 6.07) is 0. The second kappa shape index (κ2) is 2.90. The quantitative estimate of drug-likeness (QED) is 0.460. The molecule has 0 aromatic carbocycles. The summed E-state index contributed by atoms with van der Waals surface area (Å²) in [5, 5.41) is 0. The molecule has 52 valence electrons. The van der Waals surface area contributed by atoms with Gasteiger partial charge in [0.1, 0.15) is 0 Å². The number of halogens is 1. The van der Waals surface area contributed by atoms with Crippen LogP contribution in [0.25, 0.3) is 0 Å². The zero-order valence-corrected chi connectivity index (χ0v) is 7.89. The fourth-order valence-electron chi connectivity index (χ4n) is 1.03. The molecule has 1 aliphatic heterocycles. The van der Waals surface area contributed by atoms with Crippen molar-refractivity contribution in [1.82, 2.24) is 4.90 Å². The molecule has 0 amide bonds. The van der Waals surface area contributed by atoms with Crippen molar-refractivity contribution < 1.29 is 0 Å². The van der Waals surface area contributed by atoms with Gasteiger partial charge in [-0.25, -0.2) is 0 Å². The first kappa shape index (κ1) is 7.38. The maximum atomic E-state index is 3.95. The number of alkyl halides is 1. The first-order valence-electron chi connectivity index (χ1n) is 3.23. The lowest BCUT2D eigenvalue weighted by molar-refractivity contribution is 0.360. The van der Waals surface area contributed by atoms with Crippen LogP contribution in [0.4, 0.5) is 0 Å². The summed E-state index contributed by atoms with van der Waals surface area (Å²) in [6.07, 6.45) is 2.49. The second-order valence-corrected chi connectivity index (χ2v) is 4.34. The van der Waals surface area contributed by atoms with E-state index < -0.39 is 0 Å². The van der Waals surface area contributed by atoms with E-state index in [9.17, 15) is 0 Å². The molecule has 2 heteroatoms. The molecule has 9 heavy (non-hydrogen) atoms. The Morgan fingerprint density at radius 1 is 1.78 bits per heavy atom. The second-order valence-electron chi connectivity index (χ2n) is 2.58. The van der Waals surface area contributed by atoms with Crippen LogP contribution in [-0.4, -0.2) is 22.4 Å². The zero-order valence-electron chi connectivity index (χ0n) is 5.73. The van der Waals surface area contributed by atoms with Crippen molar-refractivity contribution in [2.45, 2.75) is 16.8 Å². The van der Waals surface area contributed by atoms with Crippen LogP contribution >= 0.6 is 22.6 Å². The zero-order chi connectivity index (χ0) is 6.85. The molecule has 0 aromatic heterocycles. The smallest absolute Gasteiger partial charge is 0.0289 e. The number of rotatable bonds is 0. The molecule has 1 nitrogen and oxygen atoms in total.